The first kappa shape index (κ1) is 12.2. The number of nitrogens with one attached hydrogen (secondary N) is 1. The zero-order valence-electron chi connectivity index (χ0n) is 8.76. The molecule has 76 valence electrons. The third-order valence-electron chi connectivity index (χ3n) is 2.45. The molecule has 0 heterocycles. The smallest absolute Gasteiger partial charge is 0.224 e. The third-order valence-corrected chi connectivity index (χ3v) is 2.45. The largest absolute Gasteiger partial charge is 0.349 e. The molecule has 3 nitrogen and oxygen atoms in total. The molecular formula is C10H20N2O. The lowest BCUT2D eigenvalue weighted by molar-refractivity contribution is -0.122. The topological polar surface area (TPSA) is 55.1 Å². The molecule has 3 N–H and O–H groups in total. The highest BCUT2D eigenvalue weighted by Gasteiger charge is 2.27. The van der Waals surface area contributed by atoms with Crippen LogP contribution in [0.25, 0.3) is 0 Å². The van der Waals surface area contributed by atoms with Crippen molar-refractivity contribution in [3.05, 3.63) is 12.7 Å². The fourth-order valence-electron chi connectivity index (χ4n) is 0.932. The molecule has 0 fully saturated rings. The molecule has 3 heteroatoms. The van der Waals surface area contributed by atoms with Gasteiger partial charge in [0.1, 0.15) is 0 Å². The van der Waals surface area contributed by atoms with Gasteiger partial charge in [0.25, 0.3) is 0 Å². The minimum Gasteiger partial charge on any atom is -0.349 e. The van der Waals surface area contributed by atoms with Crippen molar-refractivity contribution in [2.24, 2.45) is 11.7 Å². The summed E-state index contributed by atoms with van der Waals surface area (Å²) in [7, 11) is 0. The molecule has 1 amide bonds. The summed E-state index contributed by atoms with van der Waals surface area (Å²) in [5.74, 6) is 0.308. The van der Waals surface area contributed by atoms with Gasteiger partial charge in [-0.15, -0.1) is 6.58 Å². The summed E-state index contributed by atoms with van der Waals surface area (Å²) in [6.45, 7) is 10.0. The van der Waals surface area contributed by atoms with E-state index in [9.17, 15) is 4.79 Å². The average Bonchev–Trinajstić information content (AvgIpc) is 2.04. The minimum absolute atomic E-state index is 0.0170. The molecule has 1 unspecified atom stereocenters. The van der Waals surface area contributed by atoms with Gasteiger partial charge < -0.3 is 11.1 Å². The highest BCUT2D eigenvalue weighted by Crippen LogP contribution is 2.14. The van der Waals surface area contributed by atoms with Crippen LogP contribution in [0.1, 0.15) is 27.2 Å². The zero-order chi connectivity index (χ0) is 10.5. The molecule has 0 aromatic rings. The van der Waals surface area contributed by atoms with E-state index in [-0.39, 0.29) is 11.4 Å². The van der Waals surface area contributed by atoms with Crippen molar-refractivity contribution in [1.82, 2.24) is 5.32 Å². The van der Waals surface area contributed by atoms with Crippen LogP contribution in [-0.4, -0.2) is 18.0 Å². The van der Waals surface area contributed by atoms with Crippen LogP contribution in [0, 0.1) is 5.92 Å². The van der Waals surface area contributed by atoms with E-state index in [1.54, 1.807) is 6.08 Å². The van der Waals surface area contributed by atoms with Gasteiger partial charge in [0.2, 0.25) is 5.91 Å². The predicted octanol–water partition coefficient (Wildman–Crippen LogP) is 1.05. The summed E-state index contributed by atoms with van der Waals surface area (Å²) in [4.78, 5) is 11.3. The van der Waals surface area contributed by atoms with E-state index < -0.39 is 0 Å². The van der Waals surface area contributed by atoms with Gasteiger partial charge in [-0.05, 0) is 12.8 Å². The zero-order valence-corrected chi connectivity index (χ0v) is 8.76. The van der Waals surface area contributed by atoms with Crippen LogP contribution in [0.3, 0.4) is 0 Å². The number of carbonyl (C=O) groups excluding carboxylic acids is 1. The second-order valence-electron chi connectivity index (χ2n) is 3.82. The summed E-state index contributed by atoms with van der Waals surface area (Å²) in [6, 6.07) is 0. The Kier molecular flexibility index (Phi) is 4.70. The van der Waals surface area contributed by atoms with E-state index in [1.807, 2.05) is 20.8 Å². The van der Waals surface area contributed by atoms with E-state index >= 15 is 0 Å². The number of hydrogen-bond donors (Lipinski definition) is 2. The fraction of sp³-hybridized carbons (Fsp3) is 0.700. The second kappa shape index (κ2) is 5.02. The normalized spacial score (nSPS) is 15.2. The molecule has 13 heavy (non-hydrogen) atoms. The van der Waals surface area contributed by atoms with E-state index in [1.165, 1.54) is 0 Å². The molecule has 0 radical (unpaired) electrons. The van der Waals surface area contributed by atoms with Crippen LogP contribution in [0.15, 0.2) is 12.7 Å². The Morgan fingerprint density at radius 3 is 2.54 bits per heavy atom. The first-order chi connectivity index (χ1) is 5.96. The van der Waals surface area contributed by atoms with Crippen LogP contribution in [0.4, 0.5) is 0 Å². The van der Waals surface area contributed by atoms with Crippen molar-refractivity contribution in [2.45, 2.75) is 32.7 Å². The quantitative estimate of drug-likeness (QED) is 0.627. The van der Waals surface area contributed by atoms with Crippen LogP contribution in [0.5, 0.6) is 0 Å². The van der Waals surface area contributed by atoms with Crippen molar-refractivity contribution in [2.75, 3.05) is 6.54 Å². The maximum absolute atomic E-state index is 11.3. The van der Waals surface area contributed by atoms with Crippen LogP contribution in [-0.2, 0) is 4.79 Å². The fourth-order valence-corrected chi connectivity index (χ4v) is 0.932. The van der Waals surface area contributed by atoms with E-state index in [0.717, 1.165) is 0 Å². The second-order valence-corrected chi connectivity index (χ2v) is 3.82. The van der Waals surface area contributed by atoms with Crippen LogP contribution < -0.4 is 11.1 Å². The van der Waals surface area contributed by atoms with Gasteiger partial charge in [-0.2, -0.15) is 0 Å². The minimum atomic E-state index is -0.305. The summed E-state index contributed by atoms with van der Waals surface area (Å²) < 4.78 is 0. The maximum Gasteiger partial charge on any atom is 0.224 e. The number of rotatable bonds is 5. The van der Waals surface area contributed by atoms with Crippen LogP contribution in [0.2, 0.25) is 0 Å². The summed E-state index contributed by atoms with van der Waals surface area (Å²) >= 11 is 0. The van der Waals surface area contributed by atoms with Crippen LogP contribution >= 0.6 is 0 Å². The predicted molar refractivity (Wildman–Crippen MR) is 55.3 cm³/mol. The van der Waals surface area contributed by atoms with Crippen molar-refractivity contribution in [3.8, 4) is 0 Å². The standard InChI is InChI=1S/C10H20N2O/c1-5-6-9(13)12-10(4,7-11)8(2)3/h5,8H,1,6-7,11H2,2-4H3,(H,12,13). The molecule has 0 aliphatic carbocycles. The SMILES string of the molecule is C=CCC(=O)NC(C)(CN)C(C)C. The molecule has 0 aliphatic heterocycles. The Hall–Kier alpha value is -0.830. The lowest BCUT2D eigenvalue weighted by Crippen LogP contribution is -2.54. The molecule has 0 aromatic heterocycles. The Morgan fingerprint density at radius 1 is 1.69 bits per heavy atom. The molecule has 0 bridgehead atoms. The van der Waals surface area contributed by atoms with Crippen molar-refractivity contribution >= 4 is 5.91 Å². The molecule has 0 aliphatic rings. The monoisotopic (exact) mass is 184 g/mol. The molecule has 1 atom stereocenters. The first-order valence-electron chi connectivity index (χ1n) is 4.58. The van der Waals surface area contributed by atoms with Gasteiger partial charge in [0.05, 0.1) is 5.54 Å². The Balaban J connectivity index is 4.26. The van der Waals surface area contributed by atoms with E-state index in [0.29, 0.717) is 18.9 Å². The number of amides is 1. The summed E-state index contributed by atoms with van der Waals surface area (Å²) in [5, 5.41) is 2.91. The van der Waals surface area contributed by atoms with Crippen molar-refractivity contribution in [3.63, 3.8) is 0 Å². The van der Waals surface area contributed by atoms with Gasteiger partial charge in [0.15, 0.2) is 0 Å². The highest BCUT2D eigenvalue weighted by atomic mass is 16.1. The Labute approximate surface area is 80.4 Å². The highest BCUT2D eigenvalue weighted by molar-refractivity contribution is 5.78. The molecular weight excluding hydrogens is 164 g/mol. The van der Waals surface area contributed by atoms with Gasteiger partial charge in [0, 0.05) is 13.0 Å². The molecule has 0 spiro atoms. The van der Waals surface area contributed by atoms with E-state index in [2.05, 4.69) is 11.9 Å². The maximum atomic E-state index is 11.3. The van der Waals surface area contributed by atoms with Crippen molar-refractivity contribution in [1.29, 1.82) is 0 Å². The third kappa shape index (κ3) is 3.59. The lowest BCUT2D eigenvalue weighted by Gasteiger charge is -2.33. The van der Waals surface area contributed by atoms with Gasteiger partial charge in [-0.3, -0.25) is 4.79 Å². The van der Waals surface area contributed by atoms with E-state index in [4.69, 9.17) is 5.73 Å². The lowest BCUT2D eigenvalue weighted by atomic mass is 9.88. The van der Waals surface area contributed by atoms with Gasteiger partial charge in [-0.25, -0.2) is 0 Å². The molecule has 0 saturated heterocycles. The summed E-state index contributed by atoms with van der Waals surface area (Å²) in [6.07, 6.45) is 1.94. The Morgan fingerprint density at radius 2 is 2.23 bits per heavy atom. The number of hydrogen-bond acceptors (Lipinski definition) is 2. The summed E-state index contributed by atoms with van der Waals surface area (Å²) in [5.41, 5.74) is 5.31. The molecule has 0 saturated carbocycles. The van der Waals surface area contributed by atoms with Gasteiger partial charge in [-0.1, -0.05) is 19.9 Å². The van der Waals surface area contributed by atoms with Crippen molar-refractivity contribution < 1.29 is 4.79 Å². The molecule has 0 aromatic carbocycles. The number of carbonyl (C=O) groups is 1. The first-order valence-corrected chi connectivity index (χ1v) is 4.58. The Bertz CT molecular complexity index is 189. The van der Waals surface area contributed by atoms with Gasteiger partial charge >= 0.3 is 0 Å². The average molecular weight is 184 g/mol. The molecule has 0 rings (SSSR count). The number of nitrogens with two attached hydrogens (primary N) is 1.